The highest BCUT2D eigenvalue weighted by Crippen LogP contribution is 2.18. The quantitative estimate of drug-likeness (QED) is 0.874. The van der Waals surface area contributed by atoms with Crippen molar-refractivity contribution >= 4 is 16.5 Å². The van der Waals surface area contributed by atoms with Crippen molar-refractivity contribution in [2.24, 2.45) is 0 Å². The molecule has 4 heteroatoms. The van der Waals surface area contributed by atoms with E-state index in [-0.39, 0.29) is 5.75 Å². The van der Waals surface area contributed by atoms with E-state index >= 15 is 0 Å². The average molecular weight is 277 g/mol. The molecule has 0 aliphatic heterocycles. The van der Waals surface area contributed by atoms with Crippen molar-refractivity contribution in [1.29, 1.82) is 0 Å². The minimum atomic E-state index is -1.19. The van der Waals surface area contributed by atoms with Gasteiger partial charge in [0.1, 0.15) is 5.82 Å². The maximum atomic E-state index is 13.2. The molecule has 0 aliphatic carbocycles. The number of anilines is 1. The molecular weight excluding hydrogens is 261 g/mol. The van der Waals surface area contributed by atoms with Crippen molar-refractivity contribution in [1.82, 2.24) is 0 Å². The number of rotatable bonds is 3. The zero-order valence-electron chi connectivity index (χ0n) is 10.9. The van der Waals surface area contributed by atoms with Crippen LogP contribution in [0.1, 0.15) is 16.7 Å². The maximum absolute atomic E-state index is 13.2. The third-order valence-electron chi connectivity index (χ3n) is 3.02. The smallest absolute Gasteiger partial charge is 0.125 e. The molecule has 2 aromatic carbocycles. The molecule has 0 fully saturated rings. The number of halogens is 1. The van der Waals surface area contributed by atoms with Crippen LogP contribution in [0.25, 0.3) is 0 Å². The van der Waals surface area contributed by atoms with E-state index < -0.39 is 16.6 Å². The average Bonchev–Trinajstić information content (AvgIpc) is 2.31. The number of benzene rings is 2. The molecule has 2 aromatic rings. The van der Waals surface area contributed by atoms with Crippen molar-refractivity contribution in [2.45, 2.75) is 24.5 Å². The highest BCUT2D eigenvalue weighted by molar-refractivity contribution is 7.84. The number of nitrogens with two attached hydrogens (primary N) is 1. The first-order valence-corrected chi connectivity index (χ1v) is 7.28. The second-order valence-corrected chi connectivity index (χ2v) is 6.08. The first-order valence-electron chi connectivity index (χ1n) is 5.96. The zero-order valence-corrected chi connectivity index (χ0v) is 11.8. The summed E-state index contributed by atoms with van der Waals surface area (Å²) in [6.45, 7) is 3.99. The van der Waals surface area contributed by atoms with Crippen molar-refractivity contribution in [3.8, 4) is 0 Å². The first kappa shape index (κ1) is 13.7. The van der Waals surface area contributed by atoms with Crippen molar-refractivity contribution in [2.75, 3.05) is 5.73 Å². The molecule has 0 heterocycles. The summed E-state index contributed by atoms with van der Waals surface area (Å²) in [4.78, 5) is 0.755. The lowest BCUT2D eigenvalue weighted by atomic mass is 10.1. The molecule has 0 saturated carbocycles. The number of nitrogen functional groups attached to an aromatic ring is 1. The Morgan fingerprint density at radius 3 is 2.47 bits per heavy atom. The molecule has 0 aliphatic rings. The van der Waals surface area contributed by atoms with Gasteiger partial charge in [0.25, 0.3) is 0 Å². The molecule has 0 aromatic heterocycles. The SMILES string of the molecule is Cc1ccc(S(=O)Cc2cc(N)cc(F)c2)cc1C. The summed E-state index contributed by atoms with van der Waals surface area (Å²) < 4.78 is 25.5. The van der Waals surface area contributed by atoms with Crippen LogP contribution in [0.5, 0.6) is 0 Å². The molecule has 1 unspecified atom stereocenters. The van der Waals surface area contributed by atoms with E-state index in [9.17, 15) is 8.60 Å². The van der Waals surface area contributed by atoms with Crippen LogP contribution in [0.15, 0.2) is 41.3 Å². The minimum Gasteiger partial charge on any atom is -0.399 e. The third kappa shape index (κ3) is 3.41. The lowest BCUT2D eigenvalue weighted by Crippen LogP contribution is -1.99. The van der Waals surface area contributed by atoms with Gasteiger partial charge in [0, 0.05) is 10.6 Å². The molecule has 0 spiro atoms. The minimum absolute atomic E-state index is 0.268. The van der Waals surface area contributed by atoms with Gasteiger partial charge in [-0.3, -0.25) is 4.21 Å². The van der Waals surface area contributed by atoms with Crippen LogP contribution >= 0.6 is 0 Å². The Bertz CT molecular complexity index is 620. The van der Waals surface area contributed by atoms with Gasteiger partial charge in [-0.25, -0.2) is 4.39 Å². The number of aryl methyl sites for hydroxylation is 2. The Labute approximate surface area is 114 Å². The molecule has 0 amide bonds. The highest BCUT2D eigenvalue weighted by atomic mass is 32.2. The van der Waals surface area contributed by atoms with Gasteiger partial charge >= 0.3 is 0 Å². The van der Waals surface area contributed by atoms with Crippen LogP contribution < -0.4 is 5.73 Å². The highest BCUT2D eigenvalue weighted by Gasteiger charge is 2.08. The van der Waals surface area contributed by atoms with Crippen LogP contribution in [0.2, 0.25) is 0 Å². The van der Waals surface area contributed by atoms with Gasteiger partial charge in [-0.15, -0.1) is 0 Å². The fourth-order valence-corrected chi connectivity index (χ4v) is 3.01. The lowest BCUT2D eigenvalue weighted by Gasteiger charge is -2.06. The van der Waals surface area contributed by atoms with E-state index in [1.54, 1.807) is 6.07 Å². The predicted molar refractivity (Wildman–Crippen MR) is 76.8 cm³/mol. The monoisotopic (exact) mass is 277 g/mol. The Morgan fingerprint density at radius 2 is 1.84 bits per heavy atom. The van der Waals surface area contributed by atoms with E-state index in [0.29, 0.717) is 11.3 Å². The van der Waals surface area contributed by atoms with E-state index in [4.69, 9.17) is 5.73 Å². The predicted octanol–water partition coefficient (Wildman–Crippen LogP) is 3.33. The number of hydrogen-bond donors (Lipinski definition) is 1. The summed E-state index contributed by atoms with van der Waals surface area (Å²) >= 11 is 0. The van der Waals surface area contributed by atoms with E-state index in [2.05, 4.69) is 0 Å². The summed E-state index contributed by atoms with van der Waals surface area (Å²) in [6.07, 6.45) is 0. The molecule has 2 N–H and O–H groups in total. The zero-order chi connectivity index (χ0) is 14.0. The standard InChI is InChI=1S/C15H16FNOS/c1-10-3-4-15(5-11(10)2)19(18)9-12-6-13(16)8-14(17)7-12/h3-8H,9,17H2,1-2H3. The fourth-order valence-electron chi connectivity index (χ4n) is 1.85. The number of hydrogen-bond acceptors (Lipinski definition) is 2. The second-order valence-electron chi connectivity index (χ2n) is 4.63. The molecule has 100 valence electrons. The van der Waals surface area contributed by atoms with Crippen LogP contribution in [0.4, 0.5) is 10.1 Å². The van der Waals surface area contributed by atoms with Gasteiger partial charge in [0.05, 0.1) is 16.6 Å². The molecule has 0 saturated heterocycles. The molecule has 0 bridgehead atoms. The Hall–Kier alpha value is -1.68. The molecule has 2 rings (SSSR count). The van der Waals surface area contributed by atoms with Gasteiger partial charge in [-0.2, -0.15) is 0 Å². The fraction of sp³-hybridized carbons (Fsp3) is 0.200. The summed E-state index contributed by atoms with van der Waals surface area (Å²) in [5, 5.41) is 0. The normalized spacial score (nSPS) is 12.4. The maximum Gasteiger partial charge on any atom is 0.125 e. The van der Waals surface area contributed by atoms with Gasteiger partial charge in [0.2, 0.25) is 0 Å². The Kier molecular flexibility index (Phi) is 4.00. The third-order valence-corrected chi connectivity index (χ3v) is 4.39. The van der Waals surface area contributed by atoms with Gasteiger partial charge in [0.15, 0.2) is 0 Å². The molecule has 1 atom stereocenters. The lowest BCUT2D eigenvalue weighted by molar-refractivity contribution is 0.627. The summed E-state index contributed by atoms with van der Waals surface area (Å²) in [5.74, 6) is -0.128. The van der Waals surface area contributed by atoms with Crippen molar-refractivity contribution < 1.29 is 8.60 Å². The largest absolute Gasteiger partial charge is 0.399 e. The Morgan fingerprint density at radius 1 is 1.11 bits per heavy atom. The van der Waals surface area contributed by atoms with E-state index in [1.165, 1.54) is 12.1 Å². The Balaban J connectivity index is 2.22. The second kappa shape index (κ2) is 5.53. The summed E-state index contributed by atoms with van der Waals surface area (Å²) in [5.41, 5.74) is 8.84. The van der Waals surface area contributed by atoms with Gasteiger partial charge < -0.3 is 5.73 Å². The van der Waals surface area contributed by atoms with E-state index in [0.717, 1.165) is 16.0 Å². The van der Waals surface area contributed by atoms with Crippen molar-refractivity contribution in [3.63, 3.8) is 0 Å². The van der Waals surface area contributed by atoms with Crippen LogP contribution in [-0.2, 0) is 16.6 Å². The molecule has 0 radical (unpaired) electrons. The summed E-state index contributed by atoms with van der Waals surface area (Å²) in [6, 6.07) is 9.98. The van der Waals surface area contributed by atoms with Gasteiger partial charge in [-0.05, 0) is 60.9 Å². The summed E-state index contributed by atoms with van der Waals surface area (Å²) in [7, 11) is -1.19. The van der Waals surface area contributed by atoms with Crippen LogP contribution in [-0.4, -0.2) is 4.21 Å². The van der Waals surface area contributed by atoms with Crippen LogP contribution in [0, 0.1) is 19.7 Å². The topological polar surface area (TPSA) is 43.1 Å². The van der Waals surface area contributed by atoms with Crippen LogP contribution in [0.3, 0.4) is 0 Å². The van der Waals surface area contributed by atoms with Gasteiger partial charge in [-0.1, -0.05) is 6.07 Å². The van der Waals surface area contributed by atoms with Crippen molar-refractivity contribution in [3.05, 3.63) is 58.9 Å². The van der Waals surface area contributed by atoms with E-state index in [1.807, 2.05) is 32.0 Å². The molecule has 2 nitrogen and oxygen atoms in total. The molecule has 19 heavy (non-hydrogen) atoms. The first-order chi connectivity index (χ1) is 8.95. The molecular formula is C15H16FNOS.